The van der Waals surface area contributed by atoms with Crippen LogP contribution in [0.5, 0.6) is 0 Å². The first-order chi connectivity index (χ1) is 20.4. The van der Waals surface area contributed by atoms with Crippen LogP contribution < -0.4 is 15.1 Å². The first kappa shape index (κ1) is 32.3. The Morgan fingerprint density at radius 3 is 2.39 bits per heavy atom. The zero-order valence-corrected chi connectivity index (χ0v) is 22.8. The highest BCUT2D eigenvalue weighted by Gasteiger charge is 2.49. The third-order valence-electron chi connectivity index (χ3n) is 7.22. The zero-order valence-electron chi connectivity index (χ0n) is 22.0. The van der Waals surface area contributed by atoms with Crippen LogP contribution in [-0.4, -0.2) is 40.7 Å². The number of hydrogen-bond donors (Lipinski definition) is 1. The third-order valence-corrected chi connectivity index (χ3v) is 7.57. The van der Waals surface area contributed by atoms with Gasteiger partial charge in [-0.15, -0.1) is 0 Å². The average molecular weight is 634 g/mol. The molecule has 0 radical (unpaired) electrons. The molecule has 0 bridgehead atoms. The Labute approximate surface area is 254 Å². The Balaban J connectivity index is 0.00000442. The number of benzene rings is 2. The number of aromatic nitrogens is 1. The lowest BCUT2D eigenvalue weighted by Crippen LogP contribution is -2.56. The number of nitrogens with zero attached hydrogens (tertiary/aromatic N) is 4. The number of hydrogen-bond acceptors (Lipinski definition) is 5. The Kier molecular flexibility index (Phi) is 9.25. The molecule has 0 spiro atoms. The van der Waals surface area contributed by atoms with Crippen LogP contribution >= 0.6 is 11.6 Å². The molecular weight excluding hydrogens is 609 g/mol. The molecule has 230 valence electrons. The first-order valence-corrected chi connectivity index (χ1v) is 13.4. The molecule has 1 aliphatic heterocycles. The molecule has 3 aromatic rings. The fourth-order valence-corrected chi connectivity index (χ4v) is 5.49. The summed E-state index contributed by atoms with van der Waals surface area (Å²) in [5, 5.41) is 11.7. The van der Waals surface area contributed by atoms with E-state index in [9.17, 15) is 37.2 Å². The highest BCUT2D eigenvalue weighted by atomic mass is 35.5. The van der Waals surface area contributed by atoms with Crippen molar-refractivity contribution >= 4 is 40.8 Å². The molecule has 2 heterocycles. The Morgan fingerprint density at radius 1 is 1.11 bits per heavy atom. The minimum atomic E-state index is -3.00. The number of pyridine rings is 1. The van der Waals surface area contributed by atoms with E-state index in [4.69, 9.17) is 11.6 Å². The molecule has 1 N–H and O–H groups in total. The van der Waals surface area contributed by atoms with Gasteiger partial charge in [-0.05, 0) is 30.7 Å². The second-order valence-electron chi connectivity index (χ2n) is 10.2. The minimum absolute atomic E-state index is 0. The zero-order chi connectivity index (χ0) is 31.1. The lowest BCUT2D eigenvalue weighted by atomic mass is 9.87. The highest BCUT2D eigenvalue weighted by Crippen LogP contribution is 2.40. The van der Waals surface area contributed by atoms with Crippen LogP contribution in [0.2, 0.25) is 5.02 Å². The maximum atomic E-state index is 15.2. The molecule has 44 heavy (non-hydrogen) atoms. The molecular formula is C30H25ClF5N5O3. The summed E-state index contributed by atoms with van der Waals surface area (Å²) in [6.07, 6.45) is -0.739. The molecule has 8 nitrogen and oxygen atoms in total. The van der Waals surface area contributed by atoms with Crippen molar-refractivity contribution in [2.75, 3.05) is 9.80 Å². The molecule has 1 aliphatic carbocycles. The smallest absolute Gasteiger partial charge is 0.252 e. The van der Waals surface area contributed by atoms with Gasteiger partial charge in [-0.25, -0.2) is 26.9 Å². The topological polar surface area (TPSA) is 106 Å². The van der Waals surface area contributed by atoms with Gasteiger partial charge in [0.15, 0.2) is 11.6 Å². The maximum Gasteiger partial charge on any atom is 0.252 e. The number of amides is 3. The van der Waals surface area contributed by atoms with Gasteiger partial charge in [-0.3, -0.25) is 24.2 Å². The molecule has 1 saturated heterocycles. The predicted octanol–water partition coefficient (Wildman–Crippen LogP) is 5.84. The van der Waals surface area contributed by atoms with Crippen molar-refractivity contribution in [3.05, 3.63) is 88.3 Å². The molecule has 2 aromatic carbocycles. The number of carbonyl (C=O) groups is 3. The average Bonchev–Trinajstić information content (AvgIpc) is 3.31. The fraction of sp³-hybridized carbons (Fsp3) is 0.300. The lowest BCUT2D eigenvalue weighted by Gasteiger charge is -2.39. The van der Waals surface area contributed by atoms with Crippen molar-refractivity contribution in [2.24, 2.45) is 0 Å². The molecule has 14 heteroatoms. The summed E-state index contributed by atoms with van der Waals surface area (Å²) in [5.41, 5.74) is -0.928. The number of nitrogens with one attached hydrogen (secondary N) is 1. The van der Waals surface area contributed by atoms with Crippen molar-refractivity contribution in [2.45, 2.75) is 57.2 Å². The van der Waals surface area contributed by atoms with Crippen LogP contribution in [0, 0.1) is 28.8 Å². The van der Waals surface area contributed by atoms with Crippen molar-refractivity contribution < 1.29 is 36.3 Å². The number of anilines is 2. The number of carbonyl (C=O) groups excluding carboxylic acids is 3. The molecule has 1 aromatic heterocycles. The van der Waals surface area contributed by atoms with Crippen LogP contribution in [-0.2, 0) is 14.4 Å². The normalized spacial score (nSPS) is 18.1. The summed E-state index contributed by atoms with van der Waals surface area (Å²) >= 11 is 6.41. The van der Waals surface area contributed by atoms with E-state index in [1.807, 2.05) is 0 Å². The largest absolute Gasteiger partial charge is 0.351 e. The molecule has 1 saturated carbocycles. The van der Waals surface area contributed by atoms with E-state index in [0.29, 0.717) is 11.0 Å². The van der Waals surface area contributed by atoms with Gasteiger partial charge in [0.2, 0.25) is 11.8 Å². The predicted molar refractivity (Wildman–Crippen MR) is 150 cm³/mol. The first-order valence-electron chi connectivity index (χ1n) is 13.0. The SMILES string of the molecule is C.N#Cc1ccnc(N2C(=O)CC[C@H]2C(=O)N(c2cc(F)cc(F)c2)[C@H](C(=O)NC2CC(F)(F)C2)c2ccccc2Cl)c1F. The maximum absolute atomic E-state index is 15.2. The van der Waals surface area contributed by atoms with E-state index in [0.717, 1.165) is 29.3 Å². The summed E-state index contributed by atoms with van der Waals surface area (Å²) in [6.45, 7) is 0. The quantitative estimate of drug-likeness (QED) is 0.329. The Bertz CT molecular complexity index is 1640. The van der Waals surface area contributed by atoms with E-state index in [-0.39, 0.29) is 30.9 Å². The molecule has 3 amide bonds. The molecule has 2 aliphatic rings. The van der Waals surface area contributed by atoms with Crippen molar-refractivity contribution in [3.8, 4) is 6.07 Å². The molecule has 0 unspecified atom stereocenters. The summed E-state index contributed by atoms with van der Waals surface area (Å²) in [6, 6.07) is 6.25. The Hall–Kier alpha value is -4.57. The van der Waals surface area contributed by atoms with Crippen molar-refractivity contribution in [1.29, 1.82) is 5.26 Å². The molecule has 2 atom stereocenters. The van der Waals surface area contributed by atoms with E-state index < -0.39 is 89.1 Å². The van der Waals surface area contributed by atoms with Gasteiger partial charge in [-0.2, -0.15) is 5.26 Å². The van der Waals surface area contributed by atoms with Gasteiger partial charge < -0.3 is 5.32 Å². The standard InChI is InChI=1S/C29H21ClF5N5O3.CH4/c30-21-4-2-1-3-20(21)25(27(42)38-18-12-29(34,35)13-18)39(19-10-16(31)9-17(32)11-19)28(43)22-5-6-23(41)40(22)26-24(33)15(14-36)7-8-37-26;/h1-4,7-11,18,22,25H,5-6,12-13H2,(H,38,42);1H4/t22-,25-;/m0./s1. The second kappa shape index (κ2) is 12.6. The van der Waals surface area contributed by atoms with Gasteiger partial charge in [-0.1, -0.05) is 37.2 Å². The van der Waals surface area contributed by atoms with Crippen molar-refractivity contribution in [1.82, 2.24) is 10.3 Å². The van der Waals surface area contributed by atoms with Gasteiger partial charge in [0.25, 0.3) is 11.8 Å². The van der Waals surface area contributed by atoms with E-state index in [1.165, 1.54) is 24.3 Å². The lowest BCUT2D eigenvalue weighted by molar-refractivity contribution is -0.133. The monoisotopic (exact) mass is 633 g/mol. The summed E-state index contributed by atoms with van der Waals surface area (Å²) in [7, 11) is 0. The van der Waals surface area contributed by atoms with Gasteiger partial charge in [0.05, 0.1) is 11.3 Å². The van der Waals surface area contributed by atoms with Crippen molar-refractivity contribution in [3.63, 3.8) is 0 Å². The van der Waals surface area contributed by atoms with Gasteiger partial charge in [0, 0.05) is 48.2 Å². The highest BCUT2D eigenvalue weighted by molar-refractivity contribution is 6.31. The van der Waals surface area contributed by atoms with E-state index >= 15 is 4.39 Å². The van der Waals surface area contributed by atoms with Crippen LogP contribution in [0.15, 0.2) is 54.7 Å². The summed E-state index contributed by atoms with van der Waals surface area (Å²) in [5.74, 6) is -9.82. The molecule has 5 rings (SSSR count). The van der Waals surface area contributed by atoms with Gasteiger partial charge >= 0.3 is 0 Å². The van der Waals surface area contributed by atoms with Crippen LogP contribution in [0.25, 0.3) is 0 Å². The van der Waals surface area contributed by atoms with Crippen LogP contribution in [0.4, 0.5) is 33.5 Å². The molecule has 2 fully saturated rings. The fourth-order valence-electron chi connectivity index (χ4n) is 5.25. The van der Waals surface area contributed by atoms with Crippen LogP contribution in [0.3, 0.4) is 0 Å². The van der Waals surface area contributed by atoms with Gasteiger partial charge in [0.1, 0.15) is 29.8 Å². The van der Waals surface area contributed by atoms with E-state index in [1.54, 1.807) is 6.07 Å². The minimum Gasteiger partial charge on any atom is -0.351 e. The number of nitriles is 1. The number of alkyl halides is 2. The van der Waals surface area contributed by atoms with Crippen LogP contribution in [0.1, 0.15) is 50.3 Å². The third kappa shape index (κ3) is 6.21. The summed E-state index contributed by atoms with van der Waals surface area (Å²) < 4.78 is 71.4. The second-order valence-corrected chi connectivity index (χ2v) is 10.6. The summed E-state index contributed by atoms with van der Waals surface area (Å²) in [4.78, 5) is 46.4. The Morgan fingerprint density at radius 2 is 1.77 bits per heavy atom. The van der Waals surface area contributed by atoms with E-state index in [2.05, 4.69) is 10.3 Å². The number of rotatable bonds is 7. The number of halogens is 6.